The number of furan rings is 1. The van der Waals surface area contributed by atoms with E-state index >= 15 is 4.39 Å². The molecule has 0 atom stereocenters. The quantitative estimate of drug-likeness (QED) is 0.180. The zero-order chi connectivity index (χ0) is 31.8. The summed E-state index contributed by atoms with van der Waals surface area (Å²) in [5, 5.41) is 7.71. The number of hydrogen-bond donors (Lipinski definition) is 0. The normalized spacial score (nSPS) is 12.9. The van der Waals surface area contributed by atoms with E-state index in [0.717, 1.165) is 62.2 Å². The lowest BCUT2D eigenvalue weighted by Crippen LogP contribution is -2.02. The number of fused-ring (bicyclic) bond motifs is 7. The third kappa shape index (κ3) is 3.90. The molecule has 0 saturated heterocycles. The van der Waals surface area contributed by atoms with Crippen molar-refractivity contribution in [2.45, 2.75) is 12.8 Å². The summed E-state index contributed by atoms with van der Waals surface area (Å²) in [6.45, 7) is 0. The summed E-state index contributed by atoms with van der Waals surface area (Å²) < 4.78 is 22.6. The van der Waals surface area contributed by atoms with Crippen LogP contribution >= 0.6 is 0 Å². The van der Waals surface area contributed by atoms with E-state index in [9.17, 15) is 0 Å². The highest BCUT2D eigenvalue weighted by Crippen LogP contribution is 2.48. The van der Waals surface area contributed by atoms with Crippen molar-refractivity contribution in [3.05, 3.63) is 163 Å². The van der Waals surface area contributed by atoms with Gasteiger partial charge in [-0.15, -0.1) is 0 Å². The first-order valence-corrected chi connectivity index (χ1v) is 16.6. The fraction of sp³-hybridized carbons (Fsp3) is 0.0435. The maximum atomic E-state index is 15.7. The molecule has 0 spiro atoms. The van der Waals surface area contributed by atoms with E-state index in [-0.39, 0.29) is 5.82 Å². The van der Waals surface area contributed by atoms with Crippen molar-refractivity contribution in [3.8, 4) is 33.4 Å². The van der Waals surface area contributed by atoms with Crippen molar-refractivity contribution in [3.63, 3.8) is 0 Å². The number of rotatable bonds is 3. The van der Waals surface area contributed by atoms with E-state index in [1.807, 2.05) is 48.5 Å². The van der Waals surface area contributed by atoms with Gasteiger partial charge in [0.15, 0.2) is 0 Å². The van der Waals surface area contributed by atoms with Gasteiger partial charge in [-0.05, 0) is 85.5 Å². The van der Waals surface area contributed by atoms with E-state index in [0.29, 0.717) is 10.8 Å². The van der Waals surface area contributed by atoms with Crippen LogP contribution in [0.4, 0.5) is 4.39 Å². The van der Waals surface area contributed by atoms with E-state index in [2.05, 4.69) is 103 Å². The Bertz CT molecular complexity index is 2730. The topological polar surface area (TPSA) is 13.1 Å². The maximum Gasteiger partial charge on any atom is 0.143 e. The lowest BCUT2D eigenvalue weighted by atomic mass is 9.80. The Kier molecular flexibility index (Phi) is 5.95. The molecule has 1 aromatic heterocycles. The summed E-state index contributed by atoms with van der Waals surface area (Å²) in [5.41, 5.74) is 11.3. The van der Waals surface area contributed by atoms with Gasteiger partial charge in [0.05, 0.1) is 0 Å². The van der Waals surface area contributed by atoms with Crippen LogP contribution in [0, 0.1) is 5.82 Å². The zero-order valence-corrected chi connectivity index (χ0v) is 26.1. The molecule has 226 valence electrons. The number of para-hydroxylation sites is 1. The van der Waals surface area contributed by atoms with E-state index < -0.39 is 0 Å². The lowest BCUT2D eigenvalue weighted by molar-refractivity contribution is 0.651. The van der Waals surface area contributed by atoms with Crippen LogP contribution < -0.4 is 0 Å². The Morgan fingerprint density at radius 3 is 1.79 bits per heavy atom. The predicted octanol–water partition coefficient (Wildman–Crippen LogP) is 13.1. The number of allylic oxidation sites excluding steroid dienone is 1. The first-order chi connectivity index (χ1) is 23.8. The molecule has 1 aliphatic rings. The Labute approximate surface area is 277 Å². The highest BCUT2D eigenvalue weighted by atomic mass is 19.1. The van der Waals surface area contributed by atoms with Gasteiger partial charge in [-0.1, -0.05) is 140 Å². The number of halogens is 1. The lowest BCUT2D eigenvalue weighted by Gasteiger charge is -2.23. The predicted molar refractivity (Wildman–Crippen MR) is 200 cm³/mol. The molecule has 0 N–H and O–H groups in total. The van der Waals surface area contributed by atoms with Crippen LogP contribution in [0.25, 0.3) is 93.7 Å². The van der Waals surface area contributed by atoms with Gasteiger partial charge in [-0.3, -0.25) is 0 Å². The summed E-state index contributed by atoms with van der Waals surface area (Å²) in [7, 11) is 0. The average molecular weight is 617 g/mol. The van der Waals surface area contributed by atoms with E-state index in [1.165, 1.54) is 38.6 Å². The first kappa shape index (κ1) is 27.2. The third-order valence-electron chi connectivity index (χ3n) is 10.2. The summed E-state index contributed by atoms with van der Waals surface area (Å²) in [6.07, 6.45) is 6.60. The molecule has 0 fully saturated rings. The van der Waals surface area contributed by atoms with Gasteiger partial charge in [0.25, 0.3) is 0 Å². The molecule has 1 heterocycles. The van der Waals surface area contributed by atoms with Crippen LogP contribution in [0.2, 0.25) is 0 Å². The smallest absolute Gasteiger partial charge is 0.143 e. The van der Waals surface area contributed by atoms with Crippen molar-refractivity contribution in [2.24, 2.45) is 0 Å². The summed E-state index contributed by atoms with van der Waals surface area (Å²) >= 11 is 0. The minimum atomic E-state index is -0.178. The Balaban J connectivity index is 1.25. The molecular formula is C46H29FO. The standard InChI is InChI=1S/C46H29FO/c47-45-37-21-10-8-19-35(37)43(36-20-9-11-22-38(36)45)29-25-26-30-39-23-12-24-40(46(39)48-41(30)27-29)44-33-17-6-4-15-31(33)42(28-13-2-1-3-14-28)32-16-5-7-18-34(32)44/h1-6,8-17,19-27H,7,18H2. The fourth-order valence-corrected chi connectivity index (χ4v) is 8.15. The highest BCUT2D eigenvalue weighted by molar-refractivity contribution is 6.18. The summed E-state index contributed by atoms with van der Waals surface area (Å²) in [6, 6.07) is 48.1. The molecule has 0 bridgehead atoms. The summed E-state index contributed by atoms with van der Waals surface area (Å²) in [5.74, 6) is -0.178. The van der Waals surface area contributed by atoms with Crippen molar-refractivity contribution < 1.29 is 8.81 Å². The molecule has 0 amide bonds. The molecule has 48 heavy (non-hydrogen) atoms. The summed E-state index contributed by atoms with van der Waals surface area (Å²) in [4.78, 5) is 0. The molecular weight excluding hydrogens is 588 g/mol. The minimum absolute atomic E-state index is 0.178. The second-order valence-electron chi connectivity index (χ2n) is 12.8. The van der Waals surface area contributed by atoms with Crippen molar-refractivity contribution in [1.29, 1.82) is 0 Å². The molecule has 0 aliphatic heterocycles. The van der Waals surface area contributed by atoms with Gasteiger partial charge in [0.1, 0.15) is 17.0 Å². The number of benzene rings is 8. The third-order valence-corrected chi connectivity index (χ3v) is 10.2. The Hall–Kier alpha value is -5.99. The molecule has 0 unspecified atom stereocenters. The molecule has 2 heteroatoms. The Morgan fingerprint density at radius 2 is 1.08 bits per heavy atom. The van der Waals surface area contributed by atoms with E-state index in [4.69, 9.17) is 4.42 Å². The zero-order valence-electron chi connectivity index (χ0n) is 26.1. The van der Waals surface area contributed by atoms with Gasteiger partial charge >= 0.3 is 0 Å². The van der Waals surface area contributed by atoms with Gasteiger partial charge in [0.2, 0.25) is 0 Å². The van der Waals surface area contributed by atoms with Gasteiger partial charge < -0.3 is 4.42 Å². The average Bonchev–Trinajstić information content (AvgIpc) is 3.53. The van der Waals surface area contributed by atoms with Crippen molar-refractivity contribution in [2.75, 3.05) is 0 Å². The largest absolute Gasteiger partial charge is 0.455 e. The Morgan fingerprint density at radius 1 is 0.479 bits per heavy atom. The molecule has 0 radical (unpaired) electrons. The fourth-order valence-electron chi connectivity index (χ4n) is 8.15. The highest BCUT2D eigenvalue weighted by Gasteiger charge is 2.24. The van der Waals surface area contributed by atoms with Crippen molar-refractivity contribution >= 4 is 60.3 Å². The molecule has 0 saturated carbocycles. The molecule has 1 aliphatic carbocycles. The SMILES string of the molecule is Fc1c2ccccc2c(-c2ccc3c(c2)oc2c(-c4c5c(c(-c6ccccc6)c6ccccc46)C=CCC5)cccc23)c2ccccc12. The second kappa shape index (κ2) is 10.5. The van der Waals surface area contributed by atoms with Gasteiger partial charge in [-0.25, -0.2) is 4.39 Å². The van der Waals surface area contributed by atoms with E-state index in [1.54, 1.807) is 0 Å². The van der Waals surface area contributed by atoms with Crippen LogP contribution in [-0.4, -0.2) is 0 Å². The van der Waals surface area contributed by atoms with Crippen LogP contribution in [0.1, 0.15) is 17.5 Å². The number of hydrogen-bond acceptors (Lipinski definition) is 1. The maximum absolute atomic E-state index is 15.7. The molecule has 10 rings (SSSR count). The molecule has 8 aromatic carbocycles. The minimum Gasteiger partial charge on any atom is -0.455 e. The van der Waals surface area contributed by atoms with Crippen LogP contribution in [0.3, 0.4) is 0 Å². The van der Waals surface area contributed by atoms with Gasteiger partial charge in [0, 0.05) is 27.1 Å². The van der Waals surface area contributed by atoms with Crippen LogP contribution in [0.5, 0.6) is 0 Å². The van der Waals surface area contributed by atoms with Gasteiger partial charge in [-0.2, -0.15) is 0 Å². The molecule has 9 aromatic rings. The van der Waals surface area contributed by atoms with Crippen LogP contribution in [-0.2, 0) is 6.42 Å². The van der Waals surface area contributed by atoms with Crippen LogP contribution in [0.15, 0.2) is 150 Å². The monoisotopic (exact) mass is 616 g/mol. The second-order valence-corrected chi connectivity index (χ2v) is 12.8. The van der Waals surface area contributed by atoms with Crippen molar-refractivity contribution in [1.82, 2.24) is 0 Å². The first-order valence-electron chi connectivity index (χ1n) is 16.6. The molecule has 1 nitrogen and oxygen atoms in total.